The summed E-state index contributed by atoms with van der Waals surface area (Å²) >= 11 is 6.79. The van der Waals surface area contributed by atoms with E-state index in [0.717, 1.165) is 41.1 Å². The Hall–Kier alpha value is -2.90. The third-order valence-electron chi connectivity index (χ3n) is 5.46. The fourth-order valence-electron chi connectivity index (χ4n) is 3.61. The van der Waals surface area contributed by atoms with Crippen LogP contribution in [-0.2, 0) is 4.79 Å². The molecule has 1 saturated heterocycles. The minimum absolute atomic E-state index is 0.0378. The molecule has 1 aliphatic rings. The highest BCUT2D eigenvalue weighted by atomic mass is 32.2. The molecule has 0 radical (unpaired) electrons. The largest absolute Gasteiger partial charge is 0.494 e. The Morgan fingerprint density at radius 2 is 1.85 bits per heavy atom. The number of para-hydroxylation sites is 1. The van der Waals surface area contributed by atoms with Crippen LogP contribution in [0.1, 0.15) is 39.2 Å². The van der Waals surface area contributed by atoms with E-state index >= 15 is 0 Å². The molecule has 7 heteroatoms. The van der Waals surface area contributed by atoms with Crippen molar-refractivity contribution >= 4 is 40.3 Å². The number of thiocarbonyl (C=S) groups is 1. The molecule has 0 unspecified atom stereocenters. The molecule has 0 aliphatic carbocycles. The number of hydrogen-bond acceptors (Lipinski definition) is 5. The van der Waals surface area contributed by atoms with Gasteiger partial charge < -0.3 is 4.74 Å². The minimum Gasteiger partial charge on any atom is -0.494 e. The molecule has 1 aliphatic heterocycles. The zero-order chi connectivity index (χ0) is 24.1. The Balaban J connectivity index is 1.67. The number of rotatable bonds is 9. The number of carbonyl (C=O) groups is 1. The van der Waals surface area contributed by atoms with Crippen LogP contribution in [0.5, 0.6) is 5.75 Å². The van der Waals surface area contributed by atoms with Crippen LogP contribution in [0.3, 0.4) is 0 Å². The van der Waals surface area contributed by atoms with E-state index < -0.39 is 0 Å². The van der Waals surface area contributed by atoms with Gasteiger partial charge in [-0.25, -0.2) is 4.68 Å². The average molecular weight is 492 g/mol. The van der Waals surface area contributed by atoms with E-state index in [2.05, 4.69) is 13.8 Å². The molecule has 1 fully saturated rings. The highest BCUT2D eigenvalue weighted by Crippen LogP contribution is 2.35. The molecule has 0 spiro atoms. The summed E-state index contributed by atoms with van der Waals surface area (Å²) in [7, 11) is 0. The Labute approximate surface area is 210 Å². The van der Waals surface area contributed by atoms with Crippen molar-refractivity contribution in [2.24, 2.45) is 5.92 Å². The van der Waals surface area contributed by atoms with Gasteiger partial charge in [-0.15, -0.1) is 0 Å². The van der Waals surface area contributed by atoms with Crippen molar-refractivity contribution in [2.75, 3.05) is 13.2 Å². The monoisotopic (exact) mass is 491 g/mol. The van der Waals surface area contributed by atoms with Gasteiger partial charge in [-0.3, -0.25) is 9.69 Å². The highest BCUT2D eigenvalue weighted by Gasteiger charge is 2.31. The van der Waals surface area contributed by atoms with E-state index in [0.29, 0.717) is 28.3 Å². The normalized spacial score (nSPS) is 15.1. The highest BCUT2D eigenvalue weighted by molar-refractivity contribution is 8.26. The number of carbonyl (C=O) groups excluding carboxylic acids is 1. The minimum atomic E-state index is -0.0378. The lowest BCUT2D eigenvalue weighted by atomic mass is 10.1. The van der Waals surface area contributed by atoms with E-state index in [4.69, 9.17) is 22.1 Å². The second kappa shape index (κ2) is 11.0. The first-order valence-electron chi connectivity index (χ1n) is 11.6. The van der Waals surface area contributed by atoms with Crippen LogP contribution in [0.4, 0.5) is 0 Å². The predicted molar refractivity (Wildman–Crippen MR) is 144 cm³/mol. The van der Waals surface area contributed by atoms with Crippen molar-refractivity contribution in [3.05, 3.63) is 71.3 Å². The molecule has 0 atom stereocenters. The lowest BCUT2D eigenvalue weighted by Gasteiger charge is -2.11. The molecule has 3 aromatic rings. The summed E-state index contributed by atoms with van der Waals surface area (Å²) in [5, 5.41) is 4.87. The van der Waals surface area contributed by atoms with Crippen molar-refractivity contribution in [1.29, 1.82) is 0 Å². The Morgan fingerprint density at radius 1 is 1.12 bits per heavy atom. The number of amides is 1. The van der Waals surface area contributed by atoms with E-state index in [1.165, 1.54) is 11.8 Å². The van der Waals surface area contributed by atoms with E-state index in [9.17, 15) is 4.79 Å². The van der Waals surface area contributed by atoms with E-state index in [1.54, 1.807) is 4.90 Å². The molecule has 2 heterocycles. The summed E-state index contributed by atoms with van der Waals surface area (Å²) in [6.45, 7) is 7.75. The molecule has 176 valence electrons. The SMILES string of the molecule is CCCN1C(=O)C(=Cc2cn(-c3ccccc3)nc2-c2ccc(OCCC(C)C)cc2)SC1=S. The Bertz CT molecular complexity index is 1180. The standard InChI is InChI=1S/C27H29N3O2S2/c1-4-15-29-26(31)24(34-27(29)33)17-21-18-30(22-8-6-5-7-9-22)28-25(21)20-10-12-23(13-11-20)32-16-14-19(2)3/h5-13,17-19H,4,14-16H2,1-3H3. The number of nitrogens with zero attached hydrogens (tertiary/aromatic N) is 3. The molecule has 0 N–H and O–H groups in total. The van der Waals surface area contributed by atoms with Crippen molar-refractivity contribution in [3.63, 3.8) is 0 Å². The van der Waals surface area contributed by atoms with Gasteiger partial charge in [-0.1, -0.05) is 63.0 Å². The van der Waals surface area contributed by atoms with Crippen LogP contribution in [0, 0.1) is 5.92 Å². The van der Waals surface area contributed by atoms with Crippen molar-refractivity contribution in [1.82, 2.24) is 14.7 Å². The van der Waals surface area contributed by atoms with Gasteiger partial charge in [-0.2, -0.15) is 5.10 Å². The molecular weight excluding hydrogens is 462 g/mol. The lowest BCUT2D eigenvalue weighted by Crippen LogP contribution is -2.28. The number of benzene rings is 2. The Kier molecular flexibility index (Phi) is 7.85. The lowest BCUT2D eigenvalue weighted by molar-refractivity contribution is -0.122. The zero-order valence-corrected chi connectivity index (χ0v) is 21.4. The maximum absolute atomic E-state index is 12.9. The topological polar surface area (TPSA) is 47.4 Å². The van der Waals surface area contributed by atoms with Gasteiger partial charge in [-0.05, 0) is 61.2 Å². The van der Waals surface area contributed by atoms with Crippen LogP contribution in [0.15, 0.2) is 65.7 Å². The van der Waals surface area contributed by atoms with Gasteiger partial charge in [0.2, 0.25) is 0 Å². The molecule has 5 nitrogen and oxygen atoms in total. The molecule has 1 amide bonds. The first-order chi connectivity index (χ1) is 16.5. The molecule has 2 aromatic carbocycles. The molecule has 34 heavy (non-hydrogen) atoms. The third kappa shape index (κ3) is 5.59. The molecule has 0 saturated carbocycles. The molecule has 0 bridgehead atoms. The summed E-state index contributed by atoms with van der Waals surface area (Å²) in [6.07, 6.45) is 5.75. The number of aromatic nitrogens is 2. The van der Waals surface area contributed by atoms with Crippen LogP contribution in [0.2, 0.25) is 0 Å². The van der Waals surface area contributed by atoms with Crippen LogP contribution in [0.25, 0.3) is 23.0 Å². The van der Waals surface area contributed by atoms with Crippen LogP contribution < -0.4 is 4.74 Å². The van der Waals surface area contributed by atoms with E-state index in [-0.39, 0.29) is 5.91 Å². The number of ether oxygens (including phenoxy) is 1. The molecule has 4 rings (SSSR count). The van der Waals surface area contributed by atoms with Gasteiger partial charge in [0.05, 0.1) is 22.9 Å². The quantitative estimate of drug-likeness (QED) is 0.250. The van der Waals surface area contributed by atoms with Crippen molar-refractivity contribution < 1.29 is 9.53 Å². The van der Waals surface area contributed by atoms with Gasteiger partial charge in [0.1, 0.15) is 10.1 Å². The average Bonchev–Trinajstić information content (AvgIpc) is 3.37. The maximum atomic E-state index is 12.9. The second-order valence-electron chi connectivity index (χ2n) is 8.60. The summed E-state index contributed by atoms with van der Waals surface area (Å²) in [5.74, 6) is 1.41. The van der Waals surface area contributed by atoms with Gasteiger partial charge in [0, 0.05) is 23.9 Å². The zero-order valence-electron chi connectivity index (χ0n) is 19.7. The maximum Gasteiger partial charge on any atom is 0.266 e. The fourth-order valence-corrected chi connectivity index (χ4v) is 4.91. The first-order valence-corrected chi connectivity index (χ1v) is 12.8. The summed E-state index contributed by atoms with van der Waals surface area (Å²) in [5.41, 5.74) is 3.59. The fraction of sp³-hybridized carbons (Fsp3) is 0.296. The molecular formula is C27H29N3O2S2. The van der Waals surface area contributed by atoms with Crippen molar-refractivity contribution in [2.45, 2.75) is 33.6 Å². The van der Waals surface area contributed by atoms with Crippen LogP contribution >= 0.6 is 24.0 Å². The van der Waals surface area contributed by atoms with Crippen LogP contribution in [-0.4, -0.2) is 38.1 Å². The number of thioether (sulfide) groups is 1. The summed E-state index contributed by atoms with van der Waals surface area (Å²) < 4.78 is 8.33. The van der Waals surface area contributed by atoms with Gasteiger partial charge in [0.25, 0.3) is 5.91 Å². The number of hydrogen-bond donors (Lipinski definition) is 0. The molecule has 1 aromatic heterocycles. The van der Waals surface area contributed by atoms with Gasteiger partial charge >= 0.3 is 0 Å². The predicted octanol–water partition coefficient (Wildman–Crippen LogP) is 6.58. The summed E-state index contributed by atoms with van der Waals surface area (Å²) in [4.78, 5) is 15.2. The van der Waals surface area contributed by atoms with Gasteiger partial charge in [0.15, 0.2) is 0 Å². The smallest absolute Gasteiger partial charge is 0.266 e. The van der Waals surface area contributed by atoms with E-state index in [1.807, 2.05) is 78.5 Å². The first kappa shape index (κ1) is 24.2. The second-order valence-corrected chi connectivity index (χ2v) is 10.3. The Morgan fingerprint density at radius 3 is 2.53 bits per heavy atom. The third-order valence-corrected chi connectivity index (χ3v) is 6.84. The summed E-state index contributed by atoms with van der Waals surface area (Å²) in [6, 6.07) is 17.9. The van der Waals surface area contributed by atoms with Crippen molar-refractivity contribution in [3.8, 4) is 22.7 Å².